The van der Waals surface area contributed by atoms with Gasteiger partial charge < -0.3 is 18.9 Å². The van der Waals surface area contributed by atoms with E-state index in [1.54, 1.807) is 0 Å². The van der Waals surface area contributed by atoms with E-state index in [0.717, 1.165) is 0 Å². The van der Waals surface area contributed by atoms with E-state index in [-0.39, 0.29) is 6.54 Å². The molecule has 3 aliphatic rings. The second kappa shape index (κ2) is 7.24. The Kier molecular flexibility index (Phi) is 4.82. The van der Waals surface area contributed by atoms with E-state index in [1.807, 2.05) is 21.8 Å². The molecule has 0 unspecified atom stereocenters. The van der Waals surface area contributed by atoms with Gasteiger partial charge in [-0.3, -0.25) is 9.58 Å². The van der Waals surface area contributed by atoms with Gasteiger partial charge in [-0.2, -0.15) is 0 Å². The van der Waals surface area contributed by atoms with E-state index in [4.69, 9.17) is 18.9 Å². The summed E-state index contributed by atoms with van der Waals surface area (Å²) in [6.45, 7) is 2.12. The molecule has 1 aromatic heterocycles. The predicted octanol–water partition coefficient (Wildman–Crippen LogP) is 0.853. The Balaban J connectivity index is 1.25. The normalized spacial score (nSPS) is 23.8. The average molecular weight is 365 g/mol. The topological polar surface area (TPSA) is 92.1 Å². The maximum atomic E-state index is 11.3. The molecule has 0 atom stereocenters. The first-order valence-electron chi connectivity index (χ1n) is 9.14. The molecule has 0 N–H and O–H groups in total. The highest BCUT2D eigenvalue weighted by Crippen LogP contribution is 2.28. The van der Waals surface area contributed by atoms with Gasteiger partial charge in [-0.05, 0) is 12.8 Å². The number of esters is 2. The van der Waals surface area contributed by atoms with Crippen molar-refractivity contribution < 1.29 is 28.5 Å². The van der Waals surface area contributed by atoms with Crippen molar-refractivity contribution in [2.75, 3.05) is 32.8 Å². The molecule has 3 fully saturated rings. The van der Waals surface area contributed by atoms with Crippen LogP contribution in [0, 0.1) is 0 Å². The molecule has 0 radical (unpaired) electrons. The zero-order valence-electron chi connectivity index (χ0n) is 14.6. The number of hydrogen-bond acceptors (Lipinski definition) is 8. The van der Waals surface area contributed by atoms with Crippen LogP contribution in [0.3, 0.4) is 0 Å². The summed E-state index contributed by atoms with van der Waals surface area (Å²) in [5.74, 6) is -3.03. The number of rotatable bonds is 5. The second-order valence-electron chi connectivity index (χ2n) is 6.86. The van der Waals surface area contributed by atoms with Gasteiger partial charge in [0, 0.05) is 25.4 Å². The summed E-state index contributed by atoms with van der Waals surface area (Å²) in [6.07, 6.45) is 8.16. The molecule has 2 aliphatic heterocycles. The first-order valence-corrected chi connectivity index (χ1v) is 9.14. The standard InChI is InChI=1S/C17H23N3O6/c21-15-16(22)26-17(25-15)12-19(9-11-24-17)8-10-23-14-6-7-20(18-14)13-4-2-1-3-5-13/h6-7,13H,1-5,8-12H2. The van der Waals surface area contributed by atoms with E-state index in [2.05, 4.69) is 5.10 Å². The minimum absolute atomic E-state index is 0.171. The molecule has 1 spiro atoms. The SMILES string of the molecule is O=C1OC2(CN(CCOc3ccn(C4CCCCC4)n3)CCO2)OC1=O. The molecule has 0 amide bonds. The summed E-state index contributed by atoms with van der Waals surface area (Å²) in [6, 6.07) is 2.36. The molecular formula is C17H23N3O6. The van der Waals surface area contributed by atoms with Crippen molar-refractivity contribution in [1.29, 1.82) is 0 Å². The van der Waals surface area contributed by atoms with Crippen molar-refractivity contribution >= 4 is 11.9 Å². The molecule has 1 saturated carbocycles. The molecule has 4 rings (SSSR count). The number of carbonyl (C=O) groups excluding carboxylic acids is 2. The van der Waals surface area contributed by atoms with Crippen LogP contribution in [0.5, 0.6) is 5.88 Å². The third-order valence-electron chi connectivity index (χ3n) is 5.00. The molecular weight excluding hydrogens is 342 g/mol. The van der Waals surface area contributed by atoms with Crippen LogP contribution in [-0.4, -0.2) is 65.4 Å². The first kappa shape index (κ1) is 17.3. The maximum Gasteiger partial charge on any atom is 0.422 e. The van der Waals surface area contributed by atoms with Gasteiger partial charge in [-0.1, -0.05) is 19.3 Å². The predicted molar refractivity (Wildman–Crippen MR) is 87.2 cm³/mol. The molecule has 1 aromatic rings. The zero-order chi connectivity index (χ0) is 18.0. The van der Waals surface area contributed by atoms with Crippen molar-refractivity contribution in [2.24, 2.45) is 0 Å². The minimum Gasteiger partial charge on any atom is -0.475 e. The van der Waals surface area contributed by atoms with E-state index in [9.17, 15) is 9.59 Å². The highest BCUT2D eigenvalue weighted by Gasteiger charge is 2.52. The molecule has 2 saturated heterocycles. The average Bonchev–Trinajstić information content (AvgIpc) is 3.21. The molecule has 9 nitrogen and oxygen atoms in total. The molecule has 0 bridgehead atoms. The van der Waals surface area contributed by atoms with Crippen LogP contribution in [0.2, 0.25) is 0 Å². The summed E-state index contributed by atoms with van der Waals surface area (Å²) in [5, 5.41) is 4.52. The quantitative estimate of drug-likeness (QED) is 0.560. The van der Waals surface area contributed by atoms with Gasteiger partial charge in [0.1, 0.15) is 13.2 Å². The van der Waals surface area contributed by atoms with E-state index >= 15 is 0 Å². The second-order valence-corrected chi connectivity index (χ2v) is 6.86. The van der Waals surface area contributed by atoms with E-state index < -0.39 is 17.9 Å². The Bertz CT molecular complexity index is 653. The summed E-state index contributed by atoms with van der Waals surface area (Å²) in [5.41, 5.74) is 0. The first-order chi connectivity index (χ1) is 12.6. The highest BCUT2D eigenvalue weighted by atomic mass is 16.9. The number of carbonyl (C=O) groups is 2. The lowest BCUT2D eigenvalue weighted by Gasteiger charge is -2.36. The van der Waals surface area contributed by atoms with Gasteiger partial charge in [-0.25, -0.2) is 9.59 Å². The Morgan fingerprint density at radius 2 is 1.96 bits per heavy atom. The monoisotopic (exact) mass is 365 g/mol. The summed E-state index contributed by atoms with van der Waals surface area (Å²) in [4.78, 5) is 24.5. The van der Waals surface area contributed by atoms with Crippen LogP contribution < -0.4 is 4.74 Å². The highest BCUT2D eigenvalue weighted by molar-refractivity contribution is 6.31. The minimum atomic E-state index is -1.60. The Morgan fingerprint density at radius 1 is 1.19 bits per heavy atom. The molecule has 26 heavy (non-hydrogen) atoms. The van der Waals surface area contributed by atoms with Crippen LogP contribution in [0.15, 0.2) is 12.3 Å². The Hall–Kier alpha value is -2.13. The fourth-order valence-corrected chi connectivity index (χ4v) is 3.66. The Morgan fingerprint density at radius 3 is 2.73 bits per heavy atom. The van der Waals surface area contributed by atoms with Crippen LogP contribution in [0.1, 0.15) is 38.1 Å². The van der Waals surface area contributed by atoms with Crippen molar-refractivity contribution in [3.8, 4) is 5.88 Å². The zero-order valence-corrected chi connectivity index (χ0v) is 14.6. The van der Waals surface area contributed by atoms with Crippen LogP contribution >= 0.6 is 0 Å². The molecule has 3 heterocycles. The summed E-state index contributed by atoms with van der Waals surface area (Å²) in [7, 11) is 0. The van der Waals surface area contributed by atoms with E-state index in [1.165, 1.54) is 32.1 Å². The lowest BCUT2D eigenvalue weighted by atomic mass is 9.96. The maximum absolute atomic E-state index is 11.3. The van der Waals surface area contributed by atoms with E-state index in [0.29, 0.717) is 38.2 Å². The molecule has 1 aliphatic carbocycles. The largest absolute Gasteiger partial charge is 0.475 e. The lowest BCUT2D eigenvalue weighted by Crippen LogP contribution is -2.53. The van der Waals surface area contributed by atoms with Gasteiger partial charge in [0.05, 0.1) is 12.6 Å². The molecule has 9 heteroatoms. The summed E-state index contributed by atoms with van der Waals surface area (Å²) >= 11 is 0. The van der Waals surface area contributed by atoms with Crippen LogP contribution in [-0.2, 0) is 23.8 Å². The lowest BCUT2D eigenvalue weighted by molar-refractivity contribution is -0.338. The third-order valence-corrected chi connectivity index (χ3v) is 5.00. The van der Waals surface area contributed by atoms with Gasteiger partial charge in [0.25, 0.3) is 0 Å². The van der Waals surface area contributed by atoms with Crippen molar-refractivity contribution in [1.82, 2.24) is 14.7 Å². The smallest absolute Gasteiger partial charge is 0.422 e. The fourth-order valence-electron chi connectivity index (χ4n) is 3.66. The van der Waals surface area contributed by atoms with Gasteiger partial charge >= 0.3 is 17.9 Å². The Labute approximate surface area is 151 Å². The van der Waals surface area contributed by atoms with Gasteiger partial charge in [0.2, 0.25) is 5.88 Å². The fraction of sp³-hybridized carbons (Fsp3) is 0.706. The van der Waals surface area contributed by atoms with Gasteiger partial charge in [0.15, 0.2) is 0 Å². The summed E-state index contributed by atoms with van der Waals surface area (Å²) < 4.78 is 23.0. The van der Waals surface area contributed by atoms with Crippen molar-refractivity contribution in [3.63, 3.8) is 0 Å². The number of nitrogens with zero attached hydrogens (tertiary/aromatic N) is 3. The van der Waals surface area contributed by atoms with Crippen molar-refractivity contribution in [2.45, 2.75) is 44.1 Å². The van der Waals surface area contributed by atoms with Crippen LogP contribution in [0.4, 0.5) is 0 Å². The third kappa shape index (κ3) is 3.68. The number of aromatic nitrogens is 2. The number of hydrogen-bond donors (Lipinski definition) is 0. The molecule has 0 aromatic carbocycles. The van der Waals surface area contributed by atoms with Crippen molar-refractivity contribution in [3.05, 3.63) is 12.3 Å². The van der Waals surface area contributed by atoms with Gasteiger partial charge in [-0.15, -0.1) is 5.10 Å². The van der Waals surface area contributed by atoms with Crippen LogP contribution in [0.25, 0.3) is 0 Å². The number of morpholine rings is 1. The molecule has 142 valence electrons. The number of ether oxygens (including phenoxy) is 4.